The maximum absolute atomic E-state index is 9.13. The molecule has 0 N–H and O–H groups in total. The van der Waals surface area contributed by atoms with Crippen LogP contribution in [0.1, 0.15) is 11.9 Å². The Morgan fingerprint density at radius 2 is 2.29 bits per heavy atom. The van der Waals surface area contributed by atoms with Crippen molar-refractivity contribution in [2.45, 2.75) is 6.92 Å². The second kappa shape index (κ2) is 4.86. The molecule has 0 bridgehead atoms. The number of nitriles is 1. The largest absolute Gasteiger partial charge is 0.500 e. The van der Waals surface area contributed by atoms with E-state index >= 15 is 0 Å². The second-order valence-corrected chi connectivity index (χ2v) is 5.32. The van der Waals surface area contributed by atoms with Crippen molar-refractivity contribution < 1.29 is 4.74 Å². The van der Waals surface area contributed by atoms with Crippen molar-refractivity contribution in [2.24, 2.45) is 0 Å². The number of nitrogens with zero attached hydrogens (tertiary/aromatic N) is 2. The zero-order chi connectivity index (χ0) is 12.4. The lowest BCUT2D eigenvalue weighted by Gasteiger charge is -1.99. The van der Waals surface area contributed by atoms with Crippen molar-refractivity contribution in [3.63, 3.8) is 0 Å². The fraction of sp³-hybridized carbons (Fsp3) is 0.167. The first kappa shape index (κ1) is 12.1. The third kappa shape index (κ3) is 2.33. The highest BCUT2D eigenvalue weighted by molar-refractivity contribution is 9.10. The number of methoxy groups -OCH3 is 1. The van der Waals surface area contributed by atoms with Gasteiger partial charge in [0, 0.05) is 4.47 Å². The smallest absolute Gasteiger partial charge is 0.138 e. The number of ether oxygens (including phenoxy) is 1. The number of allylic oxidation sites excluding steroid dienone is 2. The van der Waals surface area contributed by atoms with Crippen molar-refractivity contribution in [1.82, 2.24) is 4.98 Å². The van der Waals surface area contributed by atoms with E-state index in [-0.39, 0.29) is 0 Å². The minimum Gasteiger partial charge on any atom is -0.500 e. The van der Waals surface area contributed by atoms with Gasteiger partial charge in [-0.25, -0.2) is 4.98 Å². The average Bonchev–Trinajstić information content (AvgIpc) is 2.72. The monoisotopic (exact) mass is 308 g/mol. The molecule has 0 aliphatic heterocycles. The van der Waals surface area contributed by atoms with E-state index in [4.69, 9.17) is 10.00 Å². The number of hydrogen-bond donors (Lipinski definition) is 0. The molecular weight excluding hydrogens is 300 g/mol. The summed E-state index contributed by atoms with van der Waals surface area (Å²) < 4.78 is 7.14. The normalized spacial score (nSPS) is 12.1. The first-order valence-electron chi connectivity index (χ1n) is 4.87. The van der Waals surface area contributed by atoms with Crippen molar-refractivity contribution in [1.29, 1.82) is 5.26 Å². The zero-order valence-corrected chi connectivity index (χ0v) is 11.7. The third-order valence-electron chi connectivity index (χ3n) is 2.33. The van der Waals surface area contributed by atoms with E-state index in [9.17, 15) is 0 Å². The van der Waals surface area contributed by atoms with Gasteiger partial charge >= 0.3 is 0 Å². The van der Waals surface area contributed by atoms with Crippen molar-refractivity contribution in [2.75, 3.05) is 7.11 Å². The summed E-state index contributed by atoms with van der Waals surface area (Å²) in [5.41, 5.74) is 1.38. The summed E-state index contributed by atoms with van der Waals surface area (Å²) in [6, 6.07) is 7.99. The summed E-state index contributed by atoms with van der Waals surface area (Å²) in [5.74, 6) is 0.589. The molecule has 17 heavy (non-hydrogen) atoms. The molecule has 3 nitrogen and oxygen atoms in total. The molecule has 0 fully saturated rings. The molecule has 0 spiro atoms. The summed E-state index contributed by atoms with van der Waals surface area (Å²) in [6.45, 7) is 1.76. The molecule has 0 aliphatic carbocycles. The summed E-state index contributed by atoms with van der Waals surface area (Å²) in [4.78, 5) is 4.43. The van der Waals surface area contributed by atoms with Gasteiger partial charge in [-0.3, -0.25) is 0 Å². The van der Waals surface area contributed by atoms with Gasteiger partial charge in [-0.1, -0.05) is 15.9 Å². The van der Waals surface area contributed by atoms with Crippen LogP contribution in [-0.4, -0.2) is 12.1 Å². The van der Waals surface area contributed by atoms with Gasteiger partial charge < -0.3 is 4.74 Å². The van der Waals surface area contributed by atoms with Crippen LogP contribution in [0.15, 0.2) is 28.4 Å². The number of benzene rings is 1. The predicted octanol–water partition coefficient (Wildman–Crippen LogP) is 3.96. The topological polar surface area (TPSA) is 45.9 Å². The van der Waals surface area contributed by atoms with Crippen LogP contribution in [0, 0.1) is 11.3 Å². The number of hydrogen-bond acceptors (Lipinski definition) is 4. The molecule has 0 amide bonds. The Hall–Kier alpha value is -1.38. The van der Waals surface area contributed by atoms with Crippen LogP contribution in [0.4, 0.5) is 0 Å². The van der Waals surface area contributed by atoms with Crippen LogP contribution in [0.3, 0.4) is 0 Å². The predicted molar refractivity (Wildman–Crippen MR) is 72.5 cm³/mol. The summed E-state index contributed by atoms with van der Waals surface area (Å²) in [5, 5.41) is 9.82. The molecule has 2 rings (SSSR count). The molecule has 0 saturated heterocycles. The Kier molecular flexibility index (Phi) is 3.46. The van der Waals surface area contributed by atoms with Crippen LogP contribution in [0.25, 0.3) is 15.8 Å². The molecule has 0 saturated carbocycles. The Labute approximate surface area is 111 Å². The third-order valence-corrected chi connectivity index (χ3v) is 3.86. The highest BCUT2D eigenvalue weighted by Gasteiger charge is 2.12. The summed E-state index contributed by atoms with van der Waals surface area (Å²) in [7, 11) is 1.55. The minimum absolute atomic E-state index is 0.491. The summed E-state index contributed by atoms with van der Waals surface area (Å²) >= 11 is 4.90. The van der Waals surface area contributed by atoms with Gasteiger partial charge in [-0.2, -0.15) is 5.26 Å². The standard InChI is InChI=1S/C12H9BrN2OS/c1-7(16-2)9(6-14)12-15-10-4-3-8(13)5-11(10)17-12/h3-5H,1-2H3/b9-7+. The van der Waals surface area contributed by atoms with Gasteiger partial charge in [0.25, 0.3) is 0 Å². The molecular formula is C12H9BrN2OS. The molecule has 0 atom stereocenters. The SMILES string of the molecule is CO/C(C)=C(\C#N)c1nc2ccc(Br)cc2s1. The van der Waals surface area contributed by atoms with Gasteiger partial charge in [0.2, 0.25) is 0 Å². The molecule has 86 valence electrons. The first-order valence-corrected chi connectivity index (χ1v) is 6.48. The highest BCUT2D eigenvalue weighted by Crippen LogP contribution is 2.30. The van der Waals surface area contributed by atoms with Gasteiger partial charge in [0.05, 0.1) is 17.3 Å². The number of rotatable bonds is 2. The van der Waals surface area contributed by atoms with Gasteiger partial charge in [0.15, 0.2) is 0 Å². The summed E-state index contributed by atoms with van der Waals surface area (Å²) in [6.07, 6.45) is 0. The van der Waals surface area contributed by atoms with E-state index in [0.717, 1.165) is 14.7 Å². The number of thiazole rings is 1. The van der Waals surface area contributed by atoms with Crippen LogP contribution < -0.4 is 0 Å². The fourth-order valence-corrected chi connectivity index (χ4v) is 2.95. The molecule has 0 unspecified atom stereocenters. The van der Waals surface area contributed by atoms with Crippen molar-refractivity contribution in [3.8, 4) is 6.07 Å². The van der Waals surface area contributed by atoms with Crippen molar-refractivity contribution in [3.05, 3.63) is 33.4 Å². The van der Waals surface area contributed by atoms with Gasteiger partial charge in [0.1, 0.15) is 22.4 Å². The molecule has 1 aromatic carbocycles. The molecule has 5 heteroatoms. The van der Waals surface area contributed by atoms with E-state index in [1.54, 1.807) is 14.0 Å². The lowest BCUT2D eigenvalue weighted by atomic mass is 10.2. The lowest BCUT2D eigenvalue weighted by Crippen LogP contribution is -1.88. The van der Waals surface area contributed by atoms with Gasteiger partial charge in [-0.15, -0.1) is 11.3 Å². The second-order valence-electron chi connectivity index (χ2n) is 3.38. The number of aromatic nitrogens is 1. The Bertz CT molecular complexity index is 639. The van der Waals surface area contributed by atoms with Crippen LogP contribution in [0.5, 0.6) is 0 Å². The molecule has 0 radical (unpaired) electrons. The minimum atomic E-state index is 0.491. The maximum Gasteiger partial charge on any atom is 0.138 e. The Balaban J connectivity index is 2.61. The van der Waals surface area contributed by atoms with Crippen LogP contribution in [0.2, 0.25) is 0 Å². The lowest BCUT2D eigenvalue weighted by molar-refractivity contribution is 0.296. The van der Waals surface area contributed by atoms with E-state index in [0.29, 0.717) is 16.3 Å². The number of fused-ring (bicyclic) bond motifs is 1. The van der Waals surface area contributed by atoms with E-state index < -0.39 is 0 Å². The average molecular weight is 309 g/mol. The maximum atomic E-state index is 9.13. The highest BCUT2D eigenvalue weighted by atomic mass is 79.9. The molecule has 2 aromatic rings. The van der Waals surface area contributed by atoms with E-state index in [2.05, 4.69) is 27.0 Å². The van der Waals surface area contributed by atoms with Crippen LogP contribution >= 0.6 is 27.3 Å². The van der Waals surface area contributed by atoms with E-state index in [1.165, 1.54) is 11.3 Å². The molecule has 1 aromatic heterocycles. The Morgan fingerprint density at radius 1 is 1.53 bits per heavy atom. The number of halogens is 1. The van der Waals surface area contributed by atoms with E-state index in [1.807, 2.05) is 18.2 Å². The molecule has 1 heterocycles. The molecule has 0 aliphatic rings. The zero-order valence-electron chi connectivity index (χ0n) is 9.32. The first-order chi connectivity index (χ1) is 8.15. The fourth-order valence-electron chi connectivity index (χ4n) is 1.38. The van der Waals surface area contributed by atoms with Crippen LogP contribution in [-0.2, 0) is 4.74 Å². The van der Waals surface area contributed by atoms with Crippen molar-refractivity contribution >= 4 is 43.1 Å². The Morgan fingerprint density at radius 3 is 2.94 bits per heavy atom. The quantitative estimate of drug-likeness (QED) is 0.623. The van der Waals surface area contributed by atoms with Gasteiger partial charge in [-0.05, 0) is 25.1 Å².